The highest BCUT2D eigenvalue weighted by molar-refractivity contribution is 5.98. The average molecular weight is 302 g/mol. The summed E-state index contributed by atoms with van der Waals surface area (Å²) >= 11 is 0. The zero-order valence-corrected chi connectivity index (χ0v) is 11.1. The van der Waals surface area contributed by atoms with Gasteiger partial charge in [0.05, 0.1) is 16.8 Å². The van der Waals surface area contributed by atoms with Crippen molar-refractivity contribution in [1.82, 2.24) is 9.88 Å². The molecule has 1 fully saturated rings. The van der Waals surface area contributed by atoms with Crippen LogP contribution in [0.25, 0.3) is 0 Å². The van der Waals surface area contributed by atoms with Crippen LogP contribution in [0, 0.1) is 6.92 Å². The van der Waals surface area contributed by atoms with Crippen molar-refractivity contribution in [1.29, 1.82) is 0 Å². The molecule has 1 aliphatic heterocycles. The Morgan fingerprint density at radius 2 is 2.10 bits per heavy atom. The van der Waals surface area contributed by atoms with E-state index in [0.29, 0.717) is 19.0 Å². The maximum Gasteiger partial charge on any atom is 0.417 e. The highest BCUT2D eigenvalue weighted by Gasteiger charge is 2.37. The normalized spacial score (nSPS) is 18.9. The topological polar surface area (TPSA) is 70.5 Å². The summed E-state index contributed by atoms with van der Waals surface area (Å²) in [6, 6.07) is -0.270. The third kappa shape index (κ3) is 2.98. The zero-order chi connectivity index (χ0) is 15.8. The second kappa shape index (κ2) is 5.34. The minimum Gasteiger partial charge on any atom is -0.480 e. The minimum atomic E-state index is -4.60. The first-order valence-electron chi connectivity index (χ1n) is 6.29. The fraction of sp³-hybridized carbons (Fsp3) is 0.462. The van der Waals surface area contributed by atoms with Crippen LogP contribution in [0.4, 0.5) is 13.2 Å². The van der Waals surface area contributed by atoms with Gasteiger partial charge >= 0.3 is 12.1 Å². The maximum atomic E-state index is 12.7. The zero-order valence-electron chi connectivity index (χ0n) is 11.1. The molecule has 2 heterocycles. The number of carbonyl (C=O) groups is 2. The van der Waals surface area contributed by atoms with Gasteiger partial charge in [-0.05, 0) is 25.8 Å². The maximum absolute atomic E-state index is 12.7. The summed E-state index contributed by atoms with van der Waals surface area (Å²) in [6.45, 7) is 1.63. The summed E-state index contributed by atoms with van der Waals surface area (Å²) in [5.74, 6) is -1.88. The first-order chi connectivity index (χ1) is 9.71. The number of halogens is 3. The molecule has 0 aliphatic carbocycles. The smallest absolute Gasteiger partial charge is 0.417 e. The van der Waals surface area contributed by atoms with Crippen LogP contribution in [0.2, 0.25) is 0 Å². The van der Waals surface area contributed by atoms with Crippen LogP contribution in [0.3, 0.4) is 0 Å². The van der Waals surface area contributed by atoms with Crippen molar-refractivity contribution in [2.75, 3.05) is 6.54 Å². The van der Waals surface area contributed by atoms with Crippen molar-refractivity contribution in [2.45, 2.75) is 32.0 Å². The molecule has 21 heavy (non-hydrogen) atoms. The molecule has 114 valence electrons. The molecule has 0 aromatic carbocycles. The lowest BCUT2D eigenvalue weighted by molar-refractivity contribution is -0.141. The molecule has 8 heteroatoms. The predicted octanol–water partition coefficient (Wildman–Crippen LogP) is 2.10. The number of amides is 1. The number of aromatic nitrogens is 1. The van der Waals surface area contributed by atoms with Crippen molar-refractivity contribution >= 4 is 11.9 Å². The van der Waals surface area contributed by atoms with Gasteiger partial charge in [-0.2, -0.15) is 13.2 Å². The second-order valence-corrected chi connectivity index (χ2v) is 4.85. The number of pyridine rings is 1. The first-order valence-corrected chi connectivity index (χ1v) is 6.29. The Labute approximate surface area is 118 Å². The van der Waals surface area contributed by atoms with Crippen molar-refractivity contribution in [3.05, 3.63) is 29.1 Å². The molecule has 5 nitrogen and oxygen atoms in total. The largest absolute Gasteiger partial charge is 0.480 e. The molecule has 2 rings (SSSR count). The molecule has 1 aromatic rings. The number of rotatable bonds is 2. The number of likely N-dealkylation sites (tertiary alicyclic amines) is 1. The van der Waals surface area contributed by atoms with Crippen molar-refractivity contribution < 1.29 is 27.9 Å². The van der Waals surface area contributed by atoms with Crippen LogP contribution in [0.1, 0.15) is 34.5 Å². The number of hydrogen-bond acceptors (Lipinski definition) is 3. The van der Waals surface area contributed by atoms with Gasteiger partial charge in [0.25, 0.3) is 5.91 Å². The Morgan fingerprint density at radius 1 is 1.43 bits per heavy atom. The molecular formula is C13H13F3N2O3. The molecule has 1 aliphatic rings. The van der Waals surface area contributed by atoms with Crippen LogP contribution in [-0.4, -0.2) is 39.5 Å². The van der Waals surface area contributed by atoms with Gasteiger partial charge in [0.2, 0.25) is 0 Å². The fourth-order valence-corrected chi connectivity index (χ4v) is 2.33. The Balaban J connectivity index is 2.37. The van der Waals surface area contributed by atoms with Crippen molar-refractivity contribution in [3.8, 4) is 0 Å². The monoisotopic (exact) mass is 302 g/mol. The Hall–Kier alpha value is -2.12. The number of nitrogens with zero attached hydrogens (tertiary/aromatic N) is 2. The van der Waals surface area contributed by atoms with E-state index in [1.54, 1.807) is 0 Å². The highest BCUT2D eigenvalue weighted by atomic mass is 19.4. The lowest BCUT2D eigenvalue weighted by Gasteiger charge is -2.22. The Morgan fingerprint density at radius 3 is 2.67 bits per heavy atom. The second-order valence-electron chi connectivity index (χ2n) is 4.85. The SMILES string of the molecule is Cc1ncc(C(F)(F)F)cc1C(=O)N1CCC[C@H]1C(=O)O. The number of alkyl halides is 3. The molecule has 1 atom stereocenters. The van der Waals surface area contributed by atoms with Crippen LogP contribution in [0.15, 0.2) is 12.3 Å². The van der Waals surface area contributed by atoms with Gasteiger partial charge in [-0.3, -0.25) is 9.78 Å². The van der Waals surface area contributed by atoms with Gasteiger partial charge in [0.1, 0.15) is 6.04 Å². The third-order valence-electron chi connectivity index (χ3n) is 3.44. The van der Waals surface area contributed by atoms with Crippen molar-refractivity contribution in [3.63, 3.8) is 0 Å². The lowest BCUT2D eigenvalue weighted by Crippen LogP contribution is -2.40. The molecule has 0 saturated carbocycles. The third-order valence-corrected chi connectivity index (χ3v) is 3.44. The standard InChI is InChI=1S/C13H13F3N2O3/c1-7-9(5-8(6-17-7)13(14,15)16)11(19)18-4-2-3-10(18)12(20)21/h5-6,10H,2-4H2,1H3,(H,20,21)/t10-/m0/s1. The van der Waals surface area contributed by atoms with E-state index in [0.717, 1.165) is 11.0 Å². The Bertz CT molecular complexity index is 587. The van der Waals surface area contributed by atoms with Gasteiger partial charge in [-0.1, -0.05) is 0 Å². The minimum absolute atomic E-state index is 0.143. The summed E-state index contributed by atoms with van der Waals surface area (Å²) in [7, 11) is 0. The van der Waals surface area contributed by atoms with Gasteiger partial charge < -0.3 is 10.0 Å². The van der Waals surface area contributed by atoms with Crippen molar-refractivity contribution in [2.24, 2.45) is 0 Å². The molecule has 0 radical (unpaired) electrons. The number of carboxylic acid groups (broad SMARTS) is 1. The number of aryl methyl sites for hydroxylation is 1. The van der Waals surface area contributed by atoms with Gasteiger partial charge in [0, 0.05) is 12.7 Å². The summed E-state index contributed by atoms with van der Waals surface area (Å²) in [5.41, 5.74) is -1.09. The Kier molecular flexibility index (Phi) is 3.89. The summed E-state index contributed by atoms with van der Waals surface area (Å²) in [4.78, 5) is 28.1. The van der Waals surface area contributed by atoms with E-state index in [1.165, 1.54) is 6.92 Å². The van der Waals surface area contributed by atoms with Gasteiger partial charge in [-0.15, -0.1) is 0 Å². The van der Waals surface area contributed by atoms with Gasteiger partial charge in [0.15, 0.2) is 0 Å². The molecule has 1 N–H and O–H groups in total. The van der Waals surface area contributed by atoms with E-state index in [9.17, 15) is 22.8 Å². The fourth-order valence-electron chi connectivity index (χ4n) is 2.33. The first kappa shape index (κ1) is 15.3. The van der Waals surface area contributed by atoms with Crippen LogP contribution in [0.5, 0.6) is 0 Å². The van der Waals surface area contributed by atoms with E-state index >= 15 is 0 Å². The summed E-state index contributed by atoms with van der Waals surface area (Å²) < 4.78 is 38.1. The van der Waals surface area contributed by atoms with E-state index in [4.69, 9.17) is 5.11 Å². The molecule has 1 aromatic heterocycles. The molecular weight excluding hydrogens is 289 g/mol. The molecule has 1 amide bonds. The number of hydrogen-bond donors (Lipinski definition) is 1. The number of carbonyl (C=O) groups excluding carboxylic acids is 1. The van der Waals surface area contributed by atoms with E-state index in [1.807, 2.05) is 0 Å². The number of aliphatic carboxylic acids is 1. The highest BCUT2D eigenvalue weighted by Crippen LogP contribution is 2.30. The quantitative estimate of drug-likeness (QED) is 0.908. The van der Waals surface area contributed by atoms with Crippen LogP contribution < -0.4 is 0 Å². The van der Waals surface area contributed by atoms with Crippen LogP contribution >= 0.6 is 0 Å². The predicted molar refractivity (Wildman–Crippen MR) is 65.7 cm³/mol. The van der Waals surface area contributed by atoms with E-state index in [-0.39, 0.29) is 17.8 Å². The molecule has 0 unspecified atom stereocenters. The lowest BCUT2D eigenvalue weighted by atomic mass is 10.1. The van der Waals surface area contributed by atoms with Gasteiger partial charge in [-0.25, -0.2) is 4.79 Å². The van der Waals surface area contributed by atoms with E-state index < -0.39 is 29.7 Å². The summed E-state index contributed by atoms with van der Waals surface area (Å²) in [6.07, 6.45) is -3.14. The number of carboxylic acids is 1. The van der Waals surface area contributed by atoms with Crippen LogP contribution in [-0.2, 0) is 11.0 Å². The molecule has 1 saturated heterocycles. The average Bonchev–Trinajstić information content (AvgIpc) is 2.86. The molecule has 0 bridgehead atoms. The summed E-state index contributed by atoms with van der Waals surface area (Å²) in [5, 5.41) is 9.04. The molecule has 0 spiro atoms. The van der Waals surface area contributed by atoms with E-state index in [2.05, 4.69) is 4.98 Å².